The summed E-state index contributed by atoms with van der Waals surface area (Å²) in [5.74, 6) is 2.61. The van der Waals surface area contributed by atoms with E-state index in [4.69, 9.17) is 4.74 Å². The zero-order chi connectivity index (χ0) is 28.4. The van der Waals surface area contributed by atoms with Crippen LogP contribution >= 0.6 is 0 Å². The molecule has 3 heterocycles. The van der Waals surface area contributed by atoms with Crippen molar-refractivity contribution < 1.29 is 4.74 Å². The van der Waals surface area contributed by atoms with E-state index in [1.807, 2.05) is 12.1 Å². The number of nitrogens with zero attached hydrogens (tertiary/aromatic N) is 3. The third kappa shape index (κ3) is 3.76. The van der Waals surface area contributed by atoms with Crippen molar-refractivity contribution in [3.8, 4) is 17.3 Å². The first kappa shape index (κ1) is 25.6. The molecule has 0 spiro atoms. The number of hydrogen-bond acceptors (Lipinski definition) is 4. The zero-order valence-electron chi connectivity index (χ0n) is 24.4. The topological polar surface area (TPSA) is 49.1 Å². The first-order valence-electron chi connectivity index (χ1n) is 15.7. The molecule has 4 aliphatic carbocycles. The quantitative estimate of drug-likeness (QED) is 0.361. The molecule has 0 bridgehead atoms. The zero-order valence-corrected chi connectivity index (χ0v) is 24.4. The maximum Gasteiger partial charge on any atom is 0.132 e. The monoisotopic (exact) mass is 551 g/mol. The highest BCUT2D eigenvalue weighted by Gasteiger charge is 2.61. The fraction of sp³-hybridized carbons (Fsp3) is 0.368. The van der Waals surface area contributed by atoms with Gasteiger partial charge in [0.05, 0.1) is 22.7 Å². The Morgan fingerprint density at radius 1 is 1.02 bits per heavy atom. The number of fused-ring (bicyclic) bond motifs is 6. The van der Waals surface area contributed by atoms with Gasteiger partial charge in [0.15, 0.2) is 0 Å². The molecule has 2 aliphatic heterocycles. The van der Waals surface area contributed by atoms with E-state index in [1.165, 1.54) is 34.6 Å². The largest absolute Gasteiger partial charge is 0.491 e. The number of pyridine rings is 1. The SMILES string of the molecule is CC1CC=CC2=C1O[C@H]1C3C(C=C[C@]21C)C1C=CCCC1N3C1=C(c2cccc(-c3ccc(C#N)cn3)c2)C=CCC1. The van der Waals surface area contributed by atoms with E-state index in [0.29, 0.717) is 35.4 Å². The number of allylic oxidation sites excluding steroid dienone is 8. The van der Waals surface area contributed by atoms with Crippen LogP contribution in [0.3, 0.4) is 0 Å². The third-order valence-corrected chi connectivity index (χ3v) is 10.7. The molecule has 1 aromatic carbocycles. The molecule has 0 radical (unpaired) electrons. The summed E-state index contributed by atoms with van der Waals surface area (Å²) in [7, 11) is 0. The van der Waals surface area contributed by atoms with E-state index in [1.54, 1.807) is 6.20 Å². The summed E-state index contributed by atoms with van der Waals surface area (Å²) in [6.07, 6.45) is 26.6. The van der Waals surface area contributed by atoms with E-state index >= 15 is 0 Å². The molecule has 7 atom stereocenters. The Morgan fingerprint density at radius 3 is 2.79 bits per heavy atom. The number of likely N-dealkylation sites (tertiary alicyclic amines) is 1. The van der Waals surface area contributed by atoms with Crippen LogP contribution in [0.5, 0.6) is 0 Å². The first-order chi connectivity index (χ1) is 20.6. The van der Waals surface area contributed by atoms with Gasteiger partial charge in [0.25, 0.3) is 0 Å². The second kappa shape index (κ2) is 9.73. The van der Waals surface area contributed by atoms with Crippen molar-refractivity contribution >= 4 is 5.57 Å². The molecular weight excluding hydrogens is 514 g/mol. The molecule has 0 N–H and O–H groups in total. The predicted octanol–water partition coefficient (Wildman–Crippen LogP) is 8.14. The van der Waals surface area contributed by atoms with Gasteiger partial charge >= 0.3 is 0 Å². The molecule has 5 unspecified atom stereocenters. The van der Waals surface area contributed by atoms with Gasteiger partial charge in [0, 0.05) is 52.4 Å². The number of nitriles is 1. The minimum Gasteiger partial charge on any atom is -0.491 e. The highest BCUT2D eigenvalue weighted by molar-refractivity contribution is 5.80. The van der Waals surface area contributed by atoms with Crippen molar-refractivity contribution in [2.75, 3.05) is 0 Å². The average Bonchev–Trinajstić information content (AvgIpc) is 3.54. The normalized spacial score (nSPS) is 34.1. The molecule has 1 aromatic heterocycles. The van der Waals surface area contributed by atoms with Crippen LogP contribution in [0, 0.1) is 34.5 Å². The Bertz CT molecular complexity index is 1660. The number of aromatic nitrogens is 1. The lowest BCUT2D eigenvalue weighted by Gasteiger charge is -2.45. The summed E-state index contributed by atoms with van der Waals surface area (Å²) in [6.45, 7) is 4.73. The molecule has 0 saturated carbocycles. The molecular formula is C38H37N3O. The molecule has 6 aliphatic rings. The van der Waals surface area contributed by atoms with E-state index in [2.05, 4.69) is 103 Å². The van der Waals surface area contributed by atoms with Crippen LogP contribution in [0.1, 0.15) is 57.1 Å². The van der Waals surface area contributed by atoms with Crippen molar-refractivity contribution in [1.82, 2.24) is 9.88 Å². The summed E-state index contributed by atoms with van der Waals surface area (Å²) in [5, 5.41) is 9.23. The minimum atomic E-state index is -0.108. The van der Waals surface area contributed by atoms with Crippen LogP contribution in [0.15, 0.2) is 108 Å². The van der Waals surface area contributed by atoms with Crippen molar-refractivity contribution in [3.05, 3.63) is 119 Å². The standard InChI is InChI=1S/C38H37N3O/c1-24-9-7-14-31-36(24)42-37-35-30(19-20-38(31,37)2)29-13-4-6-16-34(29)41(35)33-15-5-3-12-28(33)26-10-8-11-27(21-26)32-18-17-25(22-39)23-40-32/h3-4,7-8,10-14,17-21,23-24,29-30,34-35,37H,5-6,9,15-16H2,1-2H3/t24?,29?,30?,34?,35?,37-,38+/m0/s1. The third-order valence-electron chi connectivity index (χ3n) is 10.7. The lowest BCUT2D eigenvalue weighted by Crippen LogP contribution is -2.52. The van der Waals surface area contributed by atoms with Crippen molar-refractivity contribution in [3.63, 3.8) is 0 Å². The van der Waals surface area contributed by atoms with Crippen LogP contribution in [-0.4, -0.2) is 28.1 Å². The van der Waals surface area contributed by atoms with Crippen molar-refractivity contribution in [2.24, 2.45) is 23.2 Å². The predicted molar refractivity (Wildman–Crippen MR) is 167 cm³/mol. The van der Waals surface area contributed by atoms with Gasteiger partial charge in [-0.1, -0.05) is 73.7 Å². The highest BCUT2D eigenvalue weighted by Crippen LogP contribution is 2.59. The maximum absolute atomic E-state index is 9.23. The summed E-state index contributed by atoms with van der Waals surface area (Å²) >= 11 is 0. The van der Waals surface area contributed by atoms with Crippen LogP contribution in [0.25, 0.3) is 16.8 Å². The highest BCUT2D eigenvalue weighted by atomic mass is 16.5. The summed E-state index contributed by atoms with van der Waals surface area (Å²) in [5.41, 5.74) is 7.86. The molecule has 1 fully saturated rings. The number of benzene rings is 1. The lowest BCUT2D eigenvalue weighted by atomic mass is 9.66. The van der Waals surface area contributed by atoms with Crippen LogP contribution in [-0.2, 0) is 4.74 Å². The van der Waals surface area contributed by atoms with E-state index in [0.717, 1.165) is 36.9 Å². The van der Waals surface area contributed by atoms with Crippen LogP contribution < -0.4 is 0 Å². The Hall–Kier alpha value is -4.10. The smallest absolute Gasteiger partial charge is 0.132 e. The Labute approximate surface area is 249 Å². The Kier molecular flexibility index (Phi) is 5.93. The lowest BCUT2D eigenvalue weighted by molar-refractivity contribution is -0.00261. The Balaban J connectivity index is 1.24. The number of rotatable bonds is 3. The molecule has 4 heteroatoms. The number of hydrogen-bond donors (Lipinski definition) is 0. The van der Waals surface area contributed by atoms with Gasteiger partial charge in [-0.3, -0.25) is 4.98 Å². The van der Waals surface area contributed by atoms with Crippen LogP contribution in [0.4, 0.5) is 0 Å². The second-order valence-electron chi connectivity index (χ2n) is 13.0. The number of ether oxygens (including phenoxy) is 1. The molecule has 2 aromatic rings. The molecule has 42 heavy (non-hydrogen) atoms. The molecule has 0 amide bonds. The fourth-order valence-corrected chi connectivity index (χ4v) is 8.62. The molecule has 4 nitrogen and oxygen atoms in total. The Morgan fingerprint density at radius 2 is 1.93 bits per heavy atom. The summed E-state index contributed by atoms with van der Waals surface area (Å²) in [6, 6.07) is 15.5. The summed E-state index contributed by atoms with van der Waals surface area (Å²) in [4.78, 5) is 7.44. The average molecular weight is 552 g/mol. The van der Waals surface area contributed by atoms with Crippen LogP contribution in [0.2, 0.25) is 0 Å². The molecule has 8 rings (SSSR count). The van der Waals surface area contributed by atoms with Gasteiger partial charge in [0.2, 0.25) is 0 Å². The van der Waals surface area contributed by atoms with Gasteiger partial charge in [-0.15, -0.1) is 0 Å². The molecule has 1 saturated heterocycles. The van der Waals surface area contributed by atoms with E-state index in [9.17, 15) is 5.26 Å². The van der Waals surface area contributed by atoms with Gasteiger partial charge < -0.3 is 9.64 Å². The second-order valence-corrected chi connectivity index (χ2v) is 13.0. The minimum absolute atomic E-state index is 0.107. The van der Waals surface area contributed by atoms with Gasteiger partial charge in [-0.25, -0.2) is 0 Å². The van der Waals surface area contributed by atoms with E-state index in [-0.39, 0.29) is 11.5 Å². The van der Waals surface area contributed by atoms with Gasteiger partial charge in [-0.05, 0) is 62.8 Å². The van der Waals surface area contributed by atoms with Crippen molar-refractivity contribution in [1.29, 1.82) is 5.26 Å². The molecule has 210 valence electrons. The maximum atomic E-state index is 9.23. The summed E-state index contributed by atoms with van der Waals surface area (Å²) < 4.78 is 7.10. The van der Waals surface area contributed by atoms with E-state index < -0.39 is 0 Å². The van der Waals surface area contributed by atoms with Gasteiger partial charge in [-0.2, -0.15) is 5.26 Å². The van der Waals surface area contributed by atoms with Crippen molar-refractivity contribution in [2.45, 2.75) is 64.1 Å². The van der Waals surface area contributed by atoms with Gasteiger partial charge in [0.1, 0.15) is 17.9 Å². The fourth-order valence-electron chi connectivity index (χ4n) is 8.62. The first-order valence-corrected chi connectivity index (χ1v) is 15.7.